The molecule has 142 valence electrons. The van der Waals surface area contributed by atoms with Crippen molar-refractivity contribution in [1.82, 2.24) is 9.91 Å². The number of thiophene rings is 1. The van der Waals surface area contributed by atoms with Gasteiger partial charge in [0.05, 0.1) is 22.1 Å². The predicted molar refractivity (Wildman–Crippen MR) is 105 cm³/mol. The number of hydrogen-bond donors (Lipinski definition) is 1. The van der Waals surface area contributed by atoms with Gasteiger partial charge in [-0.05, 0) is 18.4 Å². The number of hydrazone groups is 1. The maximum atomic E-state index is 12.6. The molecule has 0 saturated carbocycles. The predicted octanol–water partition coefficient (Wildman–Crippen LogP) is 1.88. The van der Waals surface area contributed by atoms with Crippen LogP contribution in [0.3, 0.4) is 0 Å². The molecular formula is C16H15N3O5S3. The molecule has 0 bridgehead atoms. The van der Waals surface area contributed by atoms with E-state index in [2.05, 4.69) is 5.10 Å². The van der Waals surface area contributed by atoms with Crippen LogP contribution in [-0.2, 0) is 19.1 Å². The first-order valence-electron chi connectivity index (χ1n) is 7.94. The maximum absolute atomic E-state index is 12.6. The molecule has 1 amide bonds. The van der Waals surface area contributed by atoms with E-state index in [0.29, 0.717) is 5.71 Å². The standard InChI is InChI=1S/C16H15N3O5S3/c1-2-24-13(20)8-18-14(21)12(27-16(18)25)7-19-10(15(22)23)6-9(17-19)11-4-3-5-26-11/h3-5,7,10H,2,6,8H2,1H3,(H,22,23)/b12-7-/t10-/m0/s1. The molecule has 8 nitrogen and oxygen atoms in total. The largest absolute Gasteiger partial charge is 0.480 e. The molecule has 0 spiro atoms. The van der Waals surface area contributed by atoms with E-state index in [4.69, 9.17) is 17.0 Å². The van der Waals surface area contributed by atoms with E-state index in [1.807, 2.05) is 17.5 Å². The summed E-state index contributed by atoms with van der Waals surface area (Å²) in [5, 5.41) is 17.0. The molecule has 0 aromatic carbocycles. The zero-order valence-corrected chi connectivity index (χ0v) is 16.6. The maximum Gasteiger partial charge on any atom is 0.328 e. The topological polar surface area (TPSA) is 99.5 Å². The van der Waals surface area contributed by atoms with Crippen LogP contribution in [0.15, 0.2) is 33.7 Å². The SMILES string of the molecule is CCOC(=O)CN1C(=O)/C(=C/N2N=C(c3cccs3)C[C@H]2C(=O)O)SC1=S. The number of hydrogen-bond acceptors (Lipinski definition) is 9. The summed E-state index contributed by atoms with van der Waals surface area (Å²) in [4.78, 5) is 38.0. The number of esters is 1. The fourth-order valence-electron chi connectivity index (χ4n) is 2.52. The average Bonchev–Trinajstić information content (AvgIpc) is 3.32. The van der Waals surface area contributed by atoms with E-state index in [9.17, 15) is 19.5 Å². The Kier molecular flexibility index (Phi) is 5.92. The van der Waals surface area contributed by atoms with Crippen LogP contribution in [0.5, 0.6) is 0 Å². The lowest BCUT2D eigenvalue weighted by atomic mass is 10.1. The number of thiocarbonyl (C=S) groups is 1. The van der Waals surface area contributed by atoms with Crippen LogP contribution >= 0.6 is 35.3 Å². The number of amides is 1. The van der Waals surface area contributed by atoms with Gasteiger partial charge in [-0.25, -0.2) is 4.79 Å². The number of ether oxygens (including phenoxy) is 1. The van der Waals surface area contributed by atoms with Crippen LogP contribution in [0, 0.1) is 0 Å². The summed E-state index contributed by atoms with van der Waals surface area (Å²) >= 11 is 7.63. The van der Waals surface area contributed by atoms with Crippen molar-refractivity contribution in [3.8, 4) is 0 Å². The van der Waals surface area contributed by atoms with Gasteiger partial charge in [-0.3, -0.25) is 19.5 Å². The Hall–Kier alpha value is -2.24. The van der Waals surface area contributed by atoms with E-state index in [1.54, 1.807) is 6.92 Å². The lowest BCUT2D eigenvalue weighted by Crippen LogP contribution is -2.35. The van der Waals surface area contributed by atoms with Crippen molar-refractivity contribution < 1.29 is 24.2 Å². The average molecular weight is 426 g/mol. The number of thioether (sulfide) groups is 1. The van der Waals surface area contributed by atoms with Crippen LogP contribution in [0.1, 0.15) is 18.2 Å². The van der Waals surface area contributed by atoms with Gasteiger partial charge in [0, 0.05) is 12.6 Å². The molecule has 1 saturated heterocycles. The molecule has 3 heterocycles. The van der Waals surface area contributed by atoms with E-state index in [1.165, 1.54) is 22.5 Å². The van der Waals surface area contributed by atoms with Gasteiger partial charge in [-0.15, -0.1) is 11.3 Å². The van der Waals surface area contributed by atoms with Crippen LogP contribution in [0.4, 0.5) is 0 Å². The normalized spacial score (nSPS) is 21.1. The first kappa shape index (κ1) is 19.5. The summed E-state index contributed by atoms with van der Waals surface area (Å²) in [6.07, 6.45) is 1.61. The van der Waals surface area contributed by atoms with Crippen molar-refractivity contribution in [2.75, 3.05) is 13.2 Å². The summed E-state index contributed by atoms with van der Waals surface area (Å²) in [7, 11) is 0. The first-order valence-corrected chi connectivity index (χ1v) is 10.0. The van der Waals surface area contributed by atoms with Crippen LogP contribution in [-0.4, -0.2) is 62.1 Å². The highest BCUT2D eigenvalue weighted by molar-refractivity contribution is 8.26. The number of carbonyl (C=O) groups is 3. The van der Waals surface area contributed by atoms with Crippen LogP contribution in [0.25, 0.3) is 0 Å². The molecule has 0 aliphatic carbocycles. The van der Waals surface area contributed by atoms with Crippen molar-refractivity contribution in [1.29, 1.82) is 0 Å². The zero-order chi connectivity index (χ0) is 19.6. The second kappa shape index (κ2) is 8.19. The Morgan fingerprint density at radius 1 is 1.52 bits per heavy atom. The highest BCUT2D eigenvalue weighted by Crippen LogP contribution is 2.33. The lowest BCUT2D eigenvalue weighted by molar-refractivity contribution is -0.145. The lowest BCUT2D eigenvalue weighted by Gasteiger charge is -2.16. The Morgan fingerprint density at radius 3 is 2.93 bits per heavy atom. The zero-order valence-electron chi connectivity index (χ0n) is 14.2. The second-order valence-electron chi connectivity index (χ2n) is 5.52. The summed E-state index contributed by atoms with van der Waals surface area (Å²) < 4.78 is 5.06. The van der Waals surface area contributed by atoms with Gasteiger partial charge in [0.15, 0.2) is 6.04 Å². The van der Waals surface area contributed by atoms with Gasteiger partial charge in [0.25, 0.3) is 5.91 Å². The van der Waals surface area contributed by atoms with E-state index >= 15 is 0 Å². The van der Waals surface area contributed by atoms with Crippen LogP contribution in [0.2, 0.25) is 0 Å². The molecule has 2 aliphatic rings. The number of carbonyl (C=O) groups excluding carboxylic acids is 2. The van der Waals surface area contributed by atoms with Gasteiger partial charge in [0.1, 0.15) is 10.9 Å². The molecule has 0 radical (unpaired) electrons. The molecule has 3 rings (SSSR count). The number of carboxylic acids is 1. The summed E-state index contributed by atoms with van der Waals surface area (Å²) in [5.41, 5.74) is 0.649. The first-order chi connectivity index (χ1) is 12.9. The van der Waals surface area contributed by atoms with Gasteiger partial charge in [0.2, 0.25) is 0 Å². The highest BCUT2D eigenvalue weighted by atomic mass is 32.2. The van der Waals surface area contributed by atoms with Gasteiger partial charge >= 0.3 is 11.9 Å². The molecule has 2 aliphatic heterocycles. The Labute approximate surface area is 168 Å². The molecule has 1 atom stereocenters. The Balaban J connectivity index is 1.81. The molecule has 11 heteroatoms. The minimum Gasteiger partial charge on any atom is -0.480 e. The van der Waals surface area contributed by atoms with Crippen molar-refractivity contribution in [3.63, 3.8) is 0 Å². The summed E-state index contributed by atoms with van der Waals surface area (Å²) in [5.74, 6) is -2.07. The molecule has 1 aromatic rings. The minimum absolute atomic E-state index is 0.206. The smallest absolute Gasteiger partial charge is 0.328 e. The van der Waals surface area contributed by atoms with Gasteiger partial charge in [-0.1, -0.05) is 30.0 Å². The molecule has 1 aromatic heterocycles. The fourth-order valence-corrected chi connectivity index (χ4v) is 4.46. The van der Waals surface area contributed by atoms with Crippen molar-refractivity contribution in [2.45, 2.75) is 19.4 Å². The molecule has 0 unspecified atom stereocenters. The molecule has 1 N–H and O–H groups in total. The van der Waals surface area contributed by atoms with E-state index in [0.717, 1.165) is 21.5 Å². The number of rotatable bonds is 6. The van der Waals surface area contributed by atoms with Crippen molar-refractivity contribution >= 4 is 63.2 Å². The van der Waals surface area contributed by atoms with Crippen LogP contribution < -0.4 is 0 Å². The summed E-state index contributed by atoms with van der Waals surface area (Å²) in [6, 6.07) is 2.82. The fraction of sp³-hybridized carbons (Fsp3) is 0.312. The Morgan fingerprint density at radius 2 is 2.30 bits per heavy atom. The van der Waals surface area contributed by atoms with E-state index in [-0.39, 0.29) is 28.8 Å². The van der Waals surface area contributed by atoms with Gasteiger partial charge < -0.3 is 9.84 Å². The minimum atomic E-state index is -1.04. The second-order valence-corrected chi connectivity index (χ2v) is 8.14. The van der Waals surface area contributed by atoms with Crippen molar-refractivity contribution in [2.24, 2.45) is 5.10 Å². The third-order valence-electron chi connectivity index (χ3n) is 3.75. The molecule has 27 heavy (non-hydrogen) atoms. The Bertz CT molecular complexity index is 849. The number of carboxylic acid groups (broad SMARTS) is 1. The quantitative estimate of drug-likeness (QED) is 0.419. The van der Waals surface area contributed by atoms with Crippen molar-refractivity contribution in [3.05, 3.63) is 33.5 Å². The molecular weight excluding hydrogens is 410 g/mol. The third kappa shape index (κ3) is 4.20. The summed E-state index contributed by atoms with van der Waals surface area (Å²) in [6.45, 7) is 1.60. The molecule has 1 fully saturated rings. The third-order valence-corrected chi connectivity index (χ3v) is 6.03. The van der Waals surface area contributed by atoms with E-state index < -0.39 is 23.9 Å². The number of aliphatic carboxylic acids is 1. The number of nitrogens with zero attached hydrogens (tertiary/aromatic N) is 3. The monoisotopic (exact) mass is 425 g/mol. The van der Waals surface area contributed by atoms with Gasteiger partial charge in [-0.2, -0.15) is 5.10 Å². The highest BCUT2D eigenvalue weighted by Gasteiger charge is 2.37.